The lowest BCUT2D eigenvalue weighted by atomic mass is 10.1. The molecule has 10 heteroatoms. The highest BCUT2D eigenvalue weighted by atomic mass is 32.2. The third-order valence-corrected chi connectivity index (χ3v) is 7.55. The van der Waals surface area contributed by atoms with Crippen molar-refractivity contribution in [3.05, 3.63) is 53.6 Å². The third-order valence-electron chi connectivity index (χ3n) is 5.81. The maximum Gasteiger partial charge on any atom is 0.244 e. The molecule has 2 aromatic rings. The van der Waals surface area contributed by atoms with Crippen LogP contribution in [0.1, 0.15) is 38.3 Å². The smallest absolute Gasteiger partial charge is 0.244 e. The lowest BCUT2D eigenvalue weighted by Crippen LogP contribution is -2.51. The fraction of sp³-hybridized carbons (Fsp3) is 0.440. The second-order valence-corrected chi connectivity index (χ2v) is 10.6. The normalized spacial score (nSPS) is 13.3. The van der Waals surface area contributed by atoms with Gasteiger partial charge in [-0.25, -0.2) is 8.42 Å². The largest absolute Gasteiger partial charge is 0.454 e. The van der Waals surface area contributed by atoms with Crippen LogP contribution in [0.4, 0.5) is 5.69 Å². The van der Waals surface area contributed by atoms with E-state index >= 15 is 0 Å². The molecule has 1 heterocycles. The Bertz CT molecular complexity index is 1150. The van der Waals surface area contributed by atoms with Crippen molar-refractivity contribution in [2.45, 2.75) is 46.7 Å². The number of nitrogens with zero attached hydrogens (tertiary/aromatic N) is 2. The average molecular weight is 504 g/mol. The van der Waals surface area contributed by atoms with Gasteiger partial charge in [0.05, 0.1) is 11.4 Å². The van der Waals surface area contributed by atoms with Crippen molar-refractivity contribution >= 4 is 27.5 Å². The molecule has 1 aliphatic heterocycles. The van der Waals surface area contributed by atoms with Gasteiger partial charge in [-0.3, -0.25) is 13.9 Å². The highest BCUT2D eigenvalue weighted by Gasteiger charge is 2.31. The van der Waals surface area contributed by atoms with Gasteiger partial charge in [-0.05, 0) is 44.9 Å². The molecule has 0 bridgehead atoms. The molecule has 0 aromatic heterocycles. The van der Waals surface area contributed by atoms with Gasteiger partial charge >= 0.3 is 0 Å². The molecular weight excluding hydrogens is 470 g/mol. The van der Waals surface area contributed by atoms with E-state index < -0.39 is 28.5 Å². The molecular formula is C25H33N3O6S. The summed E-state index contributed by atoms with van der Waals surface area (Å²) in [4.78, 5) is 27.8. The molecule has 2 aromatic carbocycles. The number of fused-ring (bicyclic) bond motifs is 1. The molecule has 0 aliphatic carbocycles. The highest BCUT2D eigenvalue weighted by Crippen LogP contribution is 2.36. The van der Waals surface area contributed by atoms with Crippen LogP contribution in [-0.2, 0) is 26.2 Å². The lowest BCUT2D eigenvalue weighted by Gasteiger charge is -2.32. The number of benzene rings is 2. The van der Waals surface area contributed by atoms with E-state index in [2.05, 4.69) is 5.32 Å². The number of anilines is 1. The predicted molar refractivity (Wildman–Crippen MR) is 134 cm³/mol. The standard InChI is InChI=1S/C25H33N3O6S/c1-5-13-26-25(30)19(4)27(15-20-9-7-18(3)8-10-20)24(29)16-28(35(31,32)6-2)21-11-12-22-23(14-21)34-17-33-22/h7-12,14,19H,5-6,13,15-17H2,1-4H3,(H,26,30)/t19-/m0/s1. The summed E-state index contributed by atoms with van der Waals surface area (Å²) in [6.45, 7) is 7.33. The molecule has 1 atom stereocenters. The van der Waals surface area contributed by atoms with Crippen LogP contribution >= 0.6 is 0 Å². The zero-order chi connectivity index (χ0) is 25.6. The quantitative estimate of drug-likeness (QED) is 0.506. The minimum absolute atomic E-state index is 0.0486. The van der Waals surface area contributed by atoms with E-state index in [-0.39, 0.29) is 25.0 Å². The predicted octanol–water partition coefficient (Wildman–Crippen LogP) is 2.82. The fourth-order valence-electron chi connectivity index (χ4n) is 3.63. The number of amides is 2. The van der Waals surface area contributed by atoms with Crippen molar-refractivity contribution in [2.24, 2.45) is 0 Å². The fourth-order valence-corrected chi connectivity index (χ4v) is 4.68. The van der Waals surface area contributed by atoms with Crippen molar-refractivity contribution in [1.29, 1.82) is 0 Å². The van der Waals surface area contributed by atoms with E-state index in [1.54, 1.807) is 25.1 Å². The molecule has 0 radical (unpaired) electrons. The number of nitrogens with one attached hydrogen (secondary N) is 1. The van der Waals surface area contributed by atoms with Gasteiger partial charge in [0.25, 0.3) is 0 Å². The van der Waals surface area contributed by atoms with Crippen LogP contribution in [0.5, 0.6) is 11.5 Å². The number of carbonyl (C=O) groups is 2. The van der Waals surface area contributed by atoms with E-state index in [4.69, 9.17) is 9.47 Å². The first-order valence-corrected chi connectivity index (χ1v) is 13.3. The Morgan fingerprint density at radius 3 is 2.40 bits per heavy atom. The molecule has 9 nitrogen and oxygen atoms in total. The molecule has 3 rings (SSSR count). The number of aryl methyl sites for hydroxylation is 1. The van der Waals surface area contributed by atoms with Crippen molar-refractivity contribution in [3.63, 3.8) is 0 Å². The summed E-state index contributed by atoms with van der Waals surface area (Å²) in [5.74, 6) is -0.0508. The van der Waals surface area contributed by atoms with Crippen molar-refractivity contribution in [1.82, 2.24) is 10.2 Å². The van der Waals surface area contributed by atoms with Crippen molar-refractivity contribution in [2.75, 3.05) is 29.9 Å². The van der Waals surface area contributed by atoms with Crippen LogP contribution in [-0.4, -0.2) is 56.8 Å². The van der Waals surface area contributed by atoms with Gasteiger partial charge < -0.3 is 19.7 Å². The van der Waals surface area contributed by atoms with E-state index in [0.29, 0.717) is 23.7 Å². The summed E-state index contributed by atoms with van der Waals surface area (Å²) in [5.41, 5.74) is 2.21. The minimum atomic E-state index is -3.81. The van der Waals surface area contributed by atoms with Gasteiger partial charge in [-0.15, -0.1) is 0 Å². The Labute approximate surface area is 207 Å². The third kappa shape index (κ3) is 6.45. The summed E-state index contributed by atoms with van der Waals surface area (Å²) in [6, 6.07) is 11.6. The summed E-state index contributed by atoms with van der Waals surface area (Å²) >= 11 is 0. The van der Waals surface area contributed by atoms with Crippen molar-refractivity contribution in [3.8, 4) is 11.5 Å². The first-order valence-electron chi connectivity index (χ1n) is 11.7. The Balaban J connectivity index is 1.92. The monoisotopic (exact) mass is 503 g/mol. The molecule has 0 fully saturated rings. The van der Waals surface area contributed by atoms with Crippen LogP contribution < -0.4 is 19.1 Å². The van der Waals surface area contributed by atoms with Crippen LogP contribution in [0.15, 0.2) is 42.5 Å². The first-order chi connectivity index (χ1) is 16.7. The second kappa shape index (κ2) is 11.4. The number of hydrogen-bond acceptors (Lipinski definition) is 6. The first kappa shape index (κ1) is 26.3. The molecule has 0 unspecified atom stereocenters. The molecule has 0 spiro atoms. The summed E-state index contributed by atoms with van der Waals surface area (Å²) in [5, 5.41) is 2.82. The molecule has 1 N–H and O–H groups in total. The maximum absolute atomic E-state index is 13.6. The highest BCUT2D eigenvalue weighted by molar-refractivity contribution is 7.92. The Kier molecular flexibility index (Phi) is 8.61. The Morgan fingerprint density at radius 1 is 1.06 bits per heavy atom. The van der Waals surface area contributed by atoms with E-state index in [9.17, 15) is 18.0 Å². The van der Waals surface area contributed by atoms with Crippen LogP contribution in [0.3, 0.4) is 0 Å². The van der Waals surface area contributed by atoms with E-state index in [1.165, 1.54) is 11.8 Å². The number of carbonyl (C=O) groups excluding carboxylic acids is 2. The number of ether oxygens (including phenoxy) is 2. The lowest BCUT2D eigenvalue weighted by molar-refractivity contribution is -0.139. The molecule has 2 amide bonds. The zero-order valence-corrected chi connectivity index (χ0v) is 21.4. The summed E-state index contributed by atoms with van der Waals surface area (Å²) < 4.78 is 37.8. The maximum atomic E-state index is 13.6. The van der Waals surface area contributed by atoms with E-state index in [1.807, 2.05) is 38.1 Å². The van der Waals surface area contributed by atoms with E-state index in [0.717, 1.165) is 21.9 Å². The summed E-state index contributed by atoms with van der Waals surface area (Å²) in [6.07, 6.45) is 0.761. The molecule has 190 valence electrons. The number of hydrogen-bond donors (Lipinski definition) is 1. The number of rotatable bonds is 11. The number of sulfonamides is 1. The molecule has 1 aliphatic rings. The van der Waals surface area contributed by atoms with Crippen LogP contribution in [0.2, 0.25) is 0 Å². The Hall–Kier alpha value is -3.27. The Morgan fingerprint density at radius 2 is 1.74 bits per heavy atom. The van der Waals surface area contributed by atoms with Gasteiger partial charge in [-0.2, -0.15) is 0 Å². The minimum Gasteiger partial charge on any atom is -0.454 e. The van der Waals surface area contributed by atoms with Gasteiger partial charge in [-0.1, -0.05) is 36.8 Å². The molecule has 0 saturated heterocycles. The van der Waals surface area contributed by atoms with Crippen LogP contribution in [0, 0.1) is 6.92 Å². The van der Waals surface area contributed by atoms with Gasteiger partial charge in [0.2, 0.25) is 28.6 Å². The summed E-state index contributed by atoms with van der Waals surface area (Å²) in [7, 11) is -3.81. The second-order valence-electron chi connectivity index (χ2n) is 8.42. The average Bonchev–Trinajstić information content (AvgIpc) is 3.32. The van der Waals surface area contributed by atoms with Crippen molar-refractivity contribution < 1.29 is 27.5 Å². The molecule has 0 saturated carbocycles. The van der Waals surface area contributed by atoms with Crippen LogP contribution in [0.25, 0.3) is 0 Å². The SMILES string of the molecule is CCCNC(=O)[C@H](C)N(Cc1ccc(C)cc1)C(=O)CN(c1ccc2c(c1)OCO2)S(=O)(=O)CC. The topological polar surface area (TPSA) is 105 Å². The molecule has 35 heavy (non-hydrogen) atoms. The zero-order valence-electron chi connectivity index (χ0n) is 20.6. The van der Waals surface area contributed by atoms with Gasteiger partial charge in [0.1, 0.15) is 12.6 Å². The van der Waals surface area contributed by atoms with Gasteiger partial charge in [0.15, 0.2) is 11.5 Å². The van der Waals surface area contributed by atoms with Gasteiger partial charge in [0, 0.05) is 19.2 Å².